The number of hydrogen-bond acceptors (Lipinski definition) is 1. The lowest BCUT2D eigenvalue weighted by Crippen LogP contribution is -2.17. The molecule has 0 radical (unpaired) electrons. The van der Waals surface area contributed by atoms with Crippen molar-refractivity contribution in [3.05, 3.63) is 57.6 Å². The quantitative estimate of drug-likeness (QED) is 0.736. The van der Waals surface area contributed by atoms with Gasteiger partial charge in [-0.25, -0.2) is 0 Å². The van der Waals surface area contributed by atoms with Gasteiger partial charge in [-0.2, -0.15) is 0 Å². The van der Waals surface area contributed by atoms with E-state index in [1.165, 1.54) is 17.5 Å². The first-order valence-electron chi connectivity index (χ1n) is 6.81. The molecule has 3 heteroatoms. The summed E-state index contributed by atoms with van der Waals surface area (Å²) in [6, 6.07) is 12.7. The molecule has 0 saturated heterocycles. The van der Waals surface area contributed by atoms with E-state index in [2.05, 4.69) is 37.2 Å². The molecule has 20 heavy (non-hydrogen) atoms. The smallest absolute Gasteiger partial charge is 0.0499 e. The summed E-state index contributed by atoms with van der Waals surface area (Å²) in [5.74, 6) is 0. The van der Waals surface area contributed by atoms with Crippen molar-refractivity contribution in [2.24, 2.45) is 0 Å². The normalized spacial score (nSPS) is 17.6. The zero-order valence-corrected chi connectivity index (χ0v) is 13.2. The van der Waals surface area contributed by atoms with Crippen LogP contribution in [0.15, 0.2) is 36.4 Å². The number of benzene rings is 2. The fourth-order valence-electron chi connectivity index (χ4n) is 3.05. The molecule has 0 aliphatic heterocycles. The van der Waals surface area contributed by atoms with E-state index in [1.807, 2.05) is 18.2 Å². The molecule has 1 aliphatic carbocycles. The van der Waals surface area contributed by atoms with E-state index in [-0.39, 0.29) is 0 Å². The maximum atomic E-state index is 6.32. The molecule has 0 spiro atoms. The number of hydrogen-bond donors (Lipinski definition) is 0. The van der Waals surface area contributed by atoms with Crippen molar-refractivity contribution >= 4 is 23.2 Å². The van der Waals surface area contributed by atoms with E-state index in [0.29, 0.717) is 16.1 Å². The third-order valence-electron chi connectivity index (χ3n) is 4.07. The van der Waals surface area contributed by atoms with Crippen molar-refractivity contribution in [2.45, 2.75) is 18.9 Å². The zero-order chi connectivity index (χ0) is 14.3. The van der Waals surface area contributed by atoms with E-state index in [9.17, 15) is 0 Å². The molecule has 1 unspecified atom stereocenters. The van der Waals surface area contributed by atoms with Gasteiger partial charge in [0.1, 0.15) is 0 Å². The predicted octanol–water partition coefficient (Wildman–Crippen LogP) is 5.21. The highest BCUT2D eigenvalue weighted by molar-refractivity contribution is 6.39. The van der Waals surface area contributed by atoms with Crippen LogP contribution in [-0.4, -0.2) is 19.0 Å². The van der Waals surface area contributed by atoms with E-state index >= 15 is 0 Å². The van der Waals surface area contributed by atoms with Gasteiger partial charge >= 0.3 is 0 Å². The van der Waals surface area contributed by atoms with Crippen molar-refractivity contribution in [3.63, 3.8) is 0 Å². The zero-order valence-electron chi connectivity index (χ0n) is 11.7. The molecule has 3 rings (SSSR count). The Morgan fingerprint density at radius 1 is 1.05 bits per heavy atom. The topological polar surface area (TPSA) is 3.24 Å². The van der Waals surface area contributed by atoms with E-state index in [4.69, 9.17) is 23.2 Å². The minimum atomic E-state index is 0.492. The van der Waals surface area contributed by atoms with Crippen LogP contribution in [0, 0.1) is 0 Å². The maximum absolute atomic E-state index is 6.32. The van der Waals surface area contributed by atoms with Crippen LogP contribution in [-0.2, 0) is 6.42 Å². The molecule has 104 valence electrons. The molecule has 0 saturated carbocycles. The third-order valence-corrected chi connectivity index (χ3v) is 4.70. The summed E-state index contributed by atoms with van der Waals surface area (Å²) in [6.07, 6.45) is 2.33. The van der Waals surface area contributed by atoms with Crippen molar-refractivity contribution in [3.8, 4) is 11.1 Å². The van der Waals surface area contributed by atoms with Crippen LogP contribution in [0.1, 0.15) is 23.6 Å². The summed E-state index contributed by atoms with van der Waals surface area (Å²) in [5.41, 5.74) is 4.88. The summed E-state index contributed by atoms with van der Waals surface area (Å²) >= 11 is 12.6. The molecule has 1 aliphatic rings. The average Bonchev–Trinajstić information content (AvgIpc) is 2.81. The highest BCUT2D eigenvalue weighted by atomic mass is 35.5. The van der Waals surface area contributed by atoms with Gasteiger partial charge in [-0.3, -0.25) is 0 Å². The fourth-order valence-corrected chi connectivity index (χ4v) is 3.66. The fraction of sp³-hybridized carbons (Fsp3) is 0.294. The first-order chi connectivity index (χ1) is 9.58. The van der Waals surface area contributed by atoms with Gasteiger partial charge in [0.2, 0.25) is 0 Å². The lowest BCUT2D eigenvalue weighted by molar-refractivity contribution is 0.299. The summed E-state index contributed by atoms with van der Waals surface area (Å²) in [7, 11) is 4.27. The summed E-state index contributed by atoms with van der Waals surface area (Å²) in [6.45, 7) is 0. The Kier molecular flexibility index (Phi) is 3.76. The molecule has 0 amide bonds. The van der Waals surface area contributed by atoms with Gasteiger partial charge in [0, 0.05) is 21.7 Å². The minimum absolute atomic E-state index is 0.492. The van der Waals surface area contributed by atoms with Crippen LogP contribution < -0.4 is 0 Å². The highest BCUT2D eigenvalue weighted by Gasteiger charge is 2.24. The molecule has 0 fully saturated rings. The van der Waals surface area contributed by atoms with Gasteiger partial charge in [-0.15, -0.1) is 0 Å². The monoisotopic (exact) mass is 305 g/mol. The number of nitrogens with zero attached hydrogens (tertiary/aromatic N) is 1. The maximum Gasteiger partial charge on any atom is 0.0499 e. The number of rotatable bonds is 2. The van der Waals surface area contributed by atoms with Gasteiger partial charge in [-0.05, 0) is 61.8 Å². The van der Waals surface area contributed by atoms with Crippen LogP contribution in [0.3, 0.4) is 0 Å². The predicted molar refractivity (Wildman–Crippen MR) is 86.6 cm³/mol. The third kappa shape index (κ3) is 2.35. The molecule has 0 bridgehead atoms. The van der Waals surface area contributed by atoms with Gasteiger partial charge in [0.15, 0.2) is 0 Å². The second-order valence-electron chi connectivity index (χ2n) is 5.53. The molecular weight excluding hydrogens is 289 g/mol. The Morgan fingerprint density at radius 2 is 1.75 bits per heavy atom. The standard InChI is InChI=1S/C17H17Cl2N/c1-20(2)16-9-8-11-6-7-12(10-13(11)16)17-14(18)4-3-5-15(17)19/h3-7,10,16H,8-9H2,1-2H3. The molecule has 1 atom stereocenters. The molecule has 2 aromatic rings. The molecular formula is C17H17Cl2N. The first-order valence-corrected chi connectivity index (χ1v) is 7.57. The van der Waals surface area contributed by atoms with Crippen molar-refractivity contribution in [1.29, 1.82) is 0 Å². The van der Waals surface area contributed by atoms with Crippen LogP contribution in [0.2, 0.25) is 10.0 Å². The van der Waals surface area contributed by atoms with Crippen LogP contribution >= 0.6 is 23.2 Å². The lowest BCUT2D eigenvalue weighted by Gasteiger charge is -2.21. The molecule has 0 aromatic heterocycles. The van der Waals surface area contributed by atoms with Gasteiger partial charge < -0.3 is 4.90 Å². The van der Waals surface area contributed by atoms with E-state index < -0.39 is 0 Å². The average molecular weight is 306 g/mol. The van der Waals surface area contributed by atoms with Crippen molar-refractivity contribution in [2.75, 3.05) is 14.1 Å². The van der Waals surface area contributed by atoms with Crippen molar-refractivity contribution in [1.82, 2.24) is 4.90 Å². The number of aryl methyl sites for hydroxylation is 1. The summed E-state index contributed by atoms with van der Waals surface area (Å²) < 4.78 is 0. The molecule has 0 heterocycles. The Morgan fingerprint density at radius 3 is 2.40 bits per heavy atom. The SMILES string of the molecule is CN(C)C1CCc2ccc(-c3c(Cl)cccc3Cl)cc21. The van der Waals surface area contributed by atoms with Crippen LogP contribution in [0.25, 0.3) is 11.1 Å². The van der Waals surface area contributed by atoms with E-state index in [1.54, 1.807) is 0 Å². The first kappa shape index (κ1) is 13.9. The van der Waals surface area contributed by atoms with Gasteiger partial charge in [0.25, 0.3) is 0 Å². The van der Waals surface area contributed by atoms with Crippen LogP contribution in [0.4, 0.5) is 0 Å². The van der Waals surface area contributed by atoms with Gasteiger partial charge in [0.05, 0.1) is 0 Å². The highest BCUT2D eigenvalue weighted by Crippen LogP contribution is 2.40. The Hall–Kier alpha value is -1.02. The minimum Gasteiger partial charge on any atom is -0.302 e. The van der Waals surface area contributed by atoms with Gasteiger partial charge in [-0.1, -0.05) is 41.4 Å². The van der Waals surface area contributed by atoms with Crippen molar-refractivity contribution < 1.29 is 0 Å². The number of fused-ring (bicyclic) bond motifs is 1. The van der Waals surface area contributed by atoms with E-state index in [0.717, 1.165) is 17.5 Å². The molecule has 1 nitrogen and oxygen atoms in total. The number of halogens is 2. The summed E-state index contributed by atoms with van der Waals surface area (Å²) in [5, 5.41) is 1.41. The molecule has 2 aromatic carbocycles. The Balaban J connectivity index is 2.12. The lowest BCUT2D eigenvalue weighted by atomic mass is 9.99. The van der Waals surface area contributed by atoms with Crippen LogP contribution in [0.5, 0.6) is 0 Å². The second-order valence-corrected chi connectivity index (χ2v) is 6.34. The Bertz CT molecular complexity index is 629. The Labute approximate surface area is 130 Å². The second kappa shape index (κ2) is 5.40. The molecule has 0 N–H and O–H groups in total. The largest absolute Gasteiger partial charge is 0.302 e. The summed E-state index contributed by atoms with van der Waals surface area (Å²) in [4.78, 5) is 2.28.